The van der Waals surface area contributed by atoms with Gasteiger partial charge in [0, 0.05) is 5.54 Å². The predicted molar refractivity (Wildman–Crippen MR) is 63.3 cm³/mol. The third kappa shape index (κ3) is 2.84. The Morgan fingerprint density at radius 1 is 1.36 bits per heavy atom. The minimum absolute atomic E-state index is 0.0286. The van der Waals surface area contributed by atoms with Crippen LogP contribution >= 0.6 is 0 Å². The monoisotopic (exact) mass is 216 g/mol. The summed E-state index contributed by atoms with van der Waals surface area (Å²) in [5.41, 5.74) is 0.0717. The van der Waals surface area contributed by atoms with Crippen LogP contribution in [0.25, 0.3) is 0 Å². The first-order valence-electron chi connectivity index (χ1n) is 5.31. The number of ether oxygens (including phenoxy) is 1. The lowest BCUT2D eigenvalue weighted by atomic mass is 10.2. The van der Waals surface area contributed by atoms with Gasteiger partial charge >= 0.3 is 5.97 Å². The van der Waals surface area contributed by atoms with E-state index in [1.165, 1.54) is 0 Å². The van der Waals surface area contributed by atoms with Crippen LogP contribution in [0.2, 0.25) is 23.7 Å². The van der Waals surface area contributed by atoms with Gasteiger partial charge in [-0.25, -0.2) is 0 Å². The molecule has 84 valence electrons. The summed E-state index contributed by atoms with van der Waals surface area (Å²) in [5.74, 6) is -0.0286. The second-order valence-electron chi connectivity index (χ2n) is 5.45. The van der Waals surface area contributed by atoms with E-state index >= 15 is 0 Å². The number of rotatable bonds is 3. The Hall–Kier alpha value is -0.313. The SMILES string of the molecule is CCOC(=O)C(C)[Si](C)(C)C(C)(C)C. The molecule has 0 spiro atoms. The molecule has 1 atom stereocenters. The Morgan fingerprint density at radius 2 is 1.79 bits per heavy atom. The van der Waals surface area contributed by atoms with Crippen molar-refractivity contribution in [2.45, 2.75) is 58.3 Å². The Bertz CT molecular complexity index is 204. The van der Waals surface area contributed by atoms with Crippen molar-refractivity contribution >= 4 is 14.0 Å². The van der Waals surface area contributed by atoms with Crippen molar-refractivity contribution in [3.8, 4) is 0 Å². The third-order valence-corrected chi connectivity index (χ3v) is 9.92. The van der Waals surface area contributed by atoms with Gasteiger partial charge in [-0.05, 0) is 12.0 Å². The second-order valence-corrected chi connectivity index (χ2v) is 11.3. The van der Waals surface area contributed by atoms with Gasteiger partial charge in [0.25, 0.3) is 0 Å². The molecule has 0 amide bonds. The molecule has 0 N–H and O–H groups in total. The molecule has 0 saturated heterocycles. The molecule has 0 aliphatic heterocycles. The van der Waals surface area contributed by atoms with E-state index in [1.807, 2.05) is 13.8 Å². The summed E-state index contributed by atoms with van der Waals surface area (Å²) in [7, 11) is -1.58. The summed E-state index contributed by atoms with van der Waals surface area (Å²) in [5, 5.41) is 0.235. The largest absolute Gasteiger partial charge is 0.466 e. The van der Waals surface area contributed by atoms with E-state index < -0.39 is 8.07 Å². The quantitative estimate of drug-likeness (QED) is 0.533. The fraction of sp³-hybridized carbons (Fsp3) is 0.909. The van der Waals surface area contributed by atoms with Gasteiger partial charge in [0.1, 0.15) is 0 Å². The van der Waals surface area contributed by atoms with Crippen LogP contribution in [0.1, 0.15) is 34.6 Å². The first-order valence-corrected chi connectivity index (χ1v) is 8.39. The predicted octanol–water partition coefficient (Wildman–Crippen LogP) is 3.45. The lowest BCUT2D eigenvalue weighted by molar-refractivity contribution is -0.142. The normalized spacial score (nSPS) is 15.1. The van der Waals surface area contributed by atoms with Crippen LogP contribution in [0.3, 0.4) is 0 Å². The summed E-state index contributed by atoms with van der Waals surface area (Å²) < 4.78 is 5.08. The van der Waals surface area contributed by atoms with Crippen molar-refractivity contribution in [1.29, 1.82) is 0 Å². The maximum Gasteiger partial charge on any atom is 0.305 e. The van der Waals surface area contributed by atoms with E-state index in [4.69, 9.17) is 4.74 Å². The van der Waals surface area contributed by atoms with Crippen LogP contribution in [0.4, 0.5) is 0 Å². The topological polar surface area (TPSA) is 26.3 Å². The molecule has 1 unspecified atom stereocenters. The van der Waals surface area contributed by atoms with Crippen LogP contribution in [0, 0.1) is 0 Å². The van der Waals surface area contributed by atoms with Crippen molar-refractivity contribution in [1.82, 2.24) is 0 Å². The molecule has 14 heavy (non-hydrogen) atoms. The van der Waals surface area contributed by atoms with E-state index in [2.05, 4.69) is 33.9 Å². The fourth-order valence-electron chi connectivity index (χ4n) is 1.21. The molecule has 0 aromatic carbocycles. The van der Waals surface area contributed by atoms with Crippen molar-refractivity contribution in [2.24, 2.45) is 0 Å². The zero-order chi connectivity index (χ0) is 11.6. The summed E-state index contributed by atoms with van der Waals surface area (Å²) in [6.45, 7) is 15.5. The summed E-state index contributed by atoms with van der Waals surface area (Å²) in [6, 6.07) is 0. The van der Waals surface area contributed by atoms with Crippen LogP contribution in [-0.4, -0.2) is 20.7 Å². The number of hydrogen-bond acceptors (Lipinski definition) is 2. The fourth-order valence-corrected chi connectivity index (χ4v) is 3.18. The zero-order valence-electron chi connectivity index (χ0n) is 10.6. The van der Waals surface area contributed by atoms with Gasteiger partial charge < -0.3 is 4.74 Å². The Balaban J connectivity index is 4.66. The van der Waals surface area contributed by atoms with E-state index in [9.17, 15) is 4.79 Å². The molecule has 0 aromatic heterocycles. The minimum Gasteiger partial charge on any atom is -0.466 e. The van der Waals surface area contributed by atoms with Crippen LogP contribution in [0.15, 0.2) is 0 Å². The highest BCUT2D eigenvalue weighted by Crippen LogP contribution is 2.43. The van der Waals surface area contributed by atoms with Crippen LogP contribution in [0.5, 0.6) is 0 Å². The standard InChI is InChI=1S/C11H24O2Si/c1-8-13-10(12)9(2)14(6,7)11(3,4)5/h9H,8H2,1-7H3. The average molecular weight is 216 g/mol. The number of hydrogen-bond donors (Lipinski definition) is 0. The molecule has 0 bridgehead atoms. The lowest BCUT2D eigenvalue weighted by Crippen LogP contribution is -2.44. The van der Waals surface area contributed by atoms with Crippen molar-refractivity contribution in [3.63, 3.8) is 0 Å². The summed E-state index contributed by atoms with van der Waals surface area (Å²) in [6.07, 6.45) is 0. The highest BCUT2D eigenvalue weighted by Gasteiger charge is 2.43. The van der Waals surface area contributed by atoms with Crippen molar-refractivity contribution in [2.75, 3.05) is 6.61 Å². The molecule has 3 heteroatoms. The minimum atomic E-state index is -1.58. The van der Waals surface area contributed by atoms with E-state index in [1.54, 1.807) is 0 Å². The maximum absolute atomic E-state index is 11.6. The highest BCUT2D eigenvalue weighted by atomic mass is 28.3. The Kier molecular flexibility index (Phi) is 4.37. The average Bonchev–Trinajstić information content (AvgIpc) is 2.01. The van der Waals surface area contributed by atoms with Crippen LogP contribution < -0.4 is 0 Å². The molecule has 0 aliphatic carbocycles. The van der Waals surface area contributed by atoms with E-state index in [0.29, 0.717) is 6.61 Å². The lowest BCUT2D eigenvalue weighted by Gasteiger charge is -2.40. The van der Waals surface area contributed by atoms with Gasteiger partial charge in [0.05, 0.1) is 14.7 Å². The maximum atomic E-state index is 11.6. The zero-order valence-corrected chi connectivity index (χ0v) is 11.6. The molecular weight excluding hydrogens is 192 g/mol. The van der Waals surface area contributed by atoms with Gasteiger partial charge in [0.2, 0.25) is 0 Å². The van der Waals surface area contributed by atoms with Crippen molar-refractivity contribution < 1.29 is 9.53 Å². The van der Waals surface area contributed by atoms with E-state index in [0.717, 1.165) is 0 Å². The third-order valence-electron chi connectivity index (χ3n) is 3.66. The van der Waals surface area contributed by atoms with Gasteiger partial charge in [-0.15, -0.1) is 0 Å². The van der Waals surface area contributed by atoms with Crippen LogP contribution in [-0.2, 0) is 9.53 Å². The molecule has 0 radical (unpaired) electrons. The smallest absolute Gasteiger partial charge is 0.305 e. The number of carbonyl (C=O) groups is 1. The molecule has 2 nitrogen and oxygen atoms in total. The second kappa shape index (κ2) is 4.47. The molecule has 0 saturated carbocycles. The van der Waals surface area contributed by atoms with Gasteiger partial charge in [-0.3, -0.25) is 4.79 Å². The Morgan fingerprint density at radius 3 is 2.07 bits per heavy atom. The molecule has 0 rings (SSSR count). The van der Waals surface area contributed by atoms with Gasteiger partial charge in [0.15, 0.2) is 0 Å². The van der Waals surface area contributed by atoms with Gasteiger partial charge in [-0.2, -0.15) is 0 Å². The Labute approximate surface area is 89.0 Å². The molecular formula is C11H24O2Si. The number of carbonyl (C=O) groups excluding carboxylic acids is 1. The molecule has 0 aromatic rings. The molecule has 0 heterocycles. The highest BCUT2D eigenvalue weighted by molar-refractivity contribution is 6.84. The molecule has 0 aliphatic rings. The first kappa shape index (κ1) is 13.7. The van der Waals surface area contributed by atoms with Gasteiger partial charge in [-0.1, -0.05) is 40.8 Å². The van der Waals surface area contributed by atoms with E-state index in [-0.39, 0.29) is 16.5 Å². The summed E-state index contributed by atoms with van der Waals surface area (Å²) in [4.78, 5) is 11.6. The van der Waals surface area contributed by atoms with Crippen molar-refractivity contribution in [3.05, 3.63) is 0 Å². The number of esters is 1. The molecule has 0 fully saturated rings. The first-order chi connectivity index (χ1) is 6.14. The summed E-state index contributed by atoms with van der Waals surface area (Å²) >= 11 is 0.